The number of ketones is 1. The van der Waals surface area contributed by atoms with Crippen molar-refractivity contribution in [2.45, 2.75) is 3.12 Å². The summed E-state index contributed by atoms with van der Waals surface area (Å²) in [6, 6.07) is 6.26. The molecule has 0 aliphatic carbocycles. The van der Waals surface area contributed by atoms with Gasteiger partial charge in [0.05, 0.1) is 0 Å². The van der Waals surface area contributed by atoms with Crippen LogP contribution >= 0.6 is 43.5 Å². The van der Waals surface area contributed by atoms with Crippen LogP contribution in [0, 0.1) is 0 Å². The lowest BCUT2D eigenvalue weighted by Gasteiger charge is -2.16. The van der Waals surface area contributed by atoms with Gasteiger partial charge in [-0.15, -0.1) is 0 Å². The number of alkyl halides is 2. The molecule has 0 aliphatic heterocycles. The van der Waals surface area contributed by atoms with Gasteiger partial charge >= 0.3 is 0 Å². The Balaban J connectivity index is 3.18. The second kappa shape index (κ2) is 4.76. The molecule has 0 saturated carbocycles. The molecule has 0 aromatic heterocycles. The Bertz CT molecular complexity index is 508. The smallest absolute Gasteiger partial charge is 0.261 e. The summed E-state index contributed by atoms with van der Waals surface area (Å²) in [6.07, 6.45) is 0.894. The largest absolute Gasteiger partial charge is 0.290 e. The van der Waals surface area contributed by atoms with E-state index in [4.69, 9.17) is 11.6 Å². The summed E-state index contributed by atoms with van der Waals surface area (Å²) < 4.78 is 21.3. The van der Waals surface area contributed by atoms with Crippen LogP contribution in [-0.4, -0.2) is 23.6 Å². The van der Waals surface area contributed by atoms with E-state index < -0.39 is 18.7 Å². The van der Waals surface area contributed by atoms with Crippen molar-refractivity contribution in [3.63, 3.8) is 0 Å². The molecule has 88 valence electrons. The first-order valence-electron chi connectivity index (χ1n) is 4.04. The Labute approximate surface area is 115 Å². The van der Waals surface area contributed by atoms with Crippen LogP contribution in [0.1, 0.15) is 10.4 Å². The van der Waals surface area contributed by atoms with Gasteiger partial charge in [-0.2, -0.15) is 0 Å². The molecule has 0 fully saturated rings. The van der Waals surface area contributed by atoms with Crippen molar-refractivity contribution in [1.29, 1.82) is 0 Å². The molecule has 0 N–H and O–H groups in total. The van der Waals surface area contributed by atoms with Crippen molar-refractivity contribution < 1.29 is 13.2 Å². The molecule has 0 heterocycles. The normalized spacial score (nSPS) is 15.5. The van der Waals surface area contributed by atoms with Crippen LogP contribution in [0.3, 0.4) is 0 Å². The summed E-state index contributed by atoms with van der Waals surface area (Å²) in [4.78, 5) is 11.9. The van der Waals surface area contributed by atoms with Crippen LogP contribution in [0.5, 0.6) is 0 Å². The number of Topliss-reactive ketones (excluding diaryl/α,β-unsaturated/α-hetero) is 1. The molecular weight excluding hydrogens is 383 g/mol. The zero-order valence-electron chi connectivity index (χ0n) is 8.08. The summed E-state index contributed by atoms with van der Waals surface area (Å²) in [5.74, 6) is -0.704. The fourth-order valence-electron chi connectivity index (χ4n) is 0.938. The summed E-state index contributed by atoms with van der Waals surface area (Å²) in [7, 11) is -3.74. The van der Waals surface area contributed by atoms with E-state index in [0.29, 0.717) is 0 Å². The van der Waals surface area contributed by atoms with Crippen molar-refractivity contribution >= 4 is 59.1 Å². The Morgan fingerprint density at radius 1 is 1.31 bits per heavy atom. The number of hydrogen-bond acceptors (Lipinski definition) is 3. The van der Waals surface area contributed by atoms with Gasteiger partial charge in [0.25, 0.3) is 3.12 Å². The predicted octanol–water partition coefficient (Wildman–Crippen LogP) is 2.96. The van der Waals surface area contributed by atoms with E-state index in [2.05, 4.69) is 31.9 Å². The molecule has 1 rings (SSSR count). The number of rotatable bonds is 3. The van der Waals surface area contributed by atoms with Crippen LogP contribution in [-0.2, 0) is 9.84 Å². The number of hydrogen-bond donors (Lipinski definition) is 0. The molecule has 0 aliphatic rings. The molecular formula is C9H7Br2ClO3S. The molecule has 0 amide bonds. The summed E-state index contributed by atoms with van der Waals surface area (Å²) in [5.41, 5.74) is 0.223. The first kappa shape index (κ1) is 14.2. The minimum atomic E-state index is -3.74. The highest BCUT2D eigenvalue weighted by Crippen LogP contribution is 2.33. The van der Waals surface area contributed by atoms with Crippen LogP contribution in [0.25, 0.3) is 0 Å². The second-order valence-corrected chi connectivity index (χ2v) is 9.16. The average Bonchev–Trinajstić information content (AvgIpc) is 2.16. The third-order valence-corrected chi connectivity index (χ3v) is 6.62. The summed E-state index contributed by atoms with van der Waals surface area (Å²) in [6.45, 7) is 0. The van der Waals surface area contributed by atoms with E-state index in [-0.39, 0.29) is 5.56 Å². The monoisotopic (exact) mass is 388 g/mol. The van der Waals surface area contributed by atoms with Gasteiger partial charge in [0.2, 0.25) is 5.78 Å². The highest BCUT2D eigenvalue weighted by atomic mass is 79.9. The van der Waals surface area contributed by atoms with E-state index in [1.165, 1.54) is 12.1 Å². The minimum absolute atomic E-state index is 0.223. The van der Waals surface area contributed by atoms with Crippen molar-refractivity contribution in [3.8, 4) is 0 Å². The van der Waals surface area contributed by atoms with Gasteiger partial charge in [-0.3, -0.25) is 4.79 Å². The molecule has 0 spiro atoms. The Morgan fingerprint density at radius 2 is 1.75 bits per heavy atom. The molecule has 1 unspecified atom stereocenters. The number of halogens is 3. The highest BCUT2D eigenvalue weighted by molar-refractivity contribution is 9.12. The lowest BCUT2D eigenvalue weighted by atomic mass is 10.1. The standard InChI is InChI=1S/C9H7Br2ClO3S/c1-16(14,15)9(11,12)8(13)6-2-4-7(10)5-3-6/h2-5H,1H3. The van der Waals surface area contributed by atoms with Crippen LogP contribution < -0.4 is 0 Å². The first-order chi connectivity index (χ1) is 7.16. The van der Waals surface area contributed by atoms with Crippen LogP contribution in [0.2, 0.25) is 0 Å². The van der Waals surface area contributed by atoms with Crippen molar-refractivity contribution in [2.24, 2.45) is 0 Å². The molecule has 16 heavy (non-hydrogen) atoms. The van der Waals surface area contributed by atoms with Gasteiger partial charge in [0, 0.05) is 16.3 Å². The zero-order chi connectivity index (χ0) is 12.6. The molecule has 1 aromatic rings. The van der Waals surface area contributed by atoms with E-state index in [1.807, 2.05) is 0 Å². The first-order valence-corrected chi connectivity index (χ1v) is 7.89. The van der Waals surface area contributed by atoms with E-state index in [9.17, 15) is 13.2 Å². The average molecular weight is 390 g/mol. The van der Waals surface area contributed by atoms with Gasteiger partial charge in [0.1, 0.15) is 0 Å². The maximum absolute atomic E-state index is 11.9. The lowest BCUT2D eigenvalue weighted by Crippen LogP contribution is -2.34. The lowest BCUT2D eigenvalue weighted by molar-refractivity contribution is 0.1000. The summed E-state index contributed by atoms with van der Waals surface area (Å²) in [5, 5.41) is 0. The fourth-order valence-corrected chi connectivity index (χ4v) is 1.99. The van der Waals surface area contributed by atoms with Crippen molar-refractivity contribution in [1.82, 2.24) is 0 Å². The van der Waals surface area contributed by atoms with Gasteiger partial charge in [-0.25, -0.2) is 8.42 Å². The third-order valence-electron chi connectivity index (χ3n) is 1.84. The maximum atomic E-state index is 11.9. The number of carbonyl (C=O) groups excluding carboxylic acids is 1. The van der Waals surface area contributed by atoms with Crippen molar-refractivity contribution in [2.75, 3.05) is 6.26 Å². The fraction of sp³-hybridized carbons (Fsp3) is 0.222. The van der Waals surface area contributed by atoms with E-state index in [1.54, 1.807) is 12.1 Å². The molecule has 0 radical (unpaired) electrons. The zero-order valence-corrected chi connectivity index (χ0v) is 12.8. The Kier molecular flexibility index (Phi) is 4.21. The second-order valence-electron chi connectivity index (χ2n) is 3.12. The minimum Gasteiger partial charge on any atom is -0.290 e. The predicted molar refractivity (Wildman–Crippen MR) is 70.8 cm³/mol. The van der Waals surface area contributed by atoms with Gasteiger partial charge < -0.3 is 0 Å². The van der Waals surface area contributed by atoms with Crippen LogP contribution in [0.4, 0.5) is 0 Å². The Morgan fingerprint density at radius 3 is 2.12 bits per heavy atom. The Hall–Kier alpha value is 0.0900. The maximum Gasteiger partial charge on any atom is 0.261 e. The summed E-state index contributed by atoms with van der Waals surface area (Å²) >= 11 is 11.7. The van der Waals surface area contributed by atoms with E-state index in [0.717, 1.165) is 10.7 Å². The van der Waals surface area contributed by atoms with E-state index >= 15 is 0 Å². The van der Waals surface area contributed by atoms with Gasteiger partial charge in [-0.1, -0.05) is 39.7 Å². The molecule has 7 heteroatoms. The van der Waals surface area contributed by atoms with Crippen LogP contribution in [0.15, 0.2) is 28.7 Å². The molecule has 1 aromatic carbocycles. The number of carbonyl (C=O) groups is 1. The molecule has 0 bridgehead atoms. The molecule has 1 atom stereocenters. The number of sulfone groups is 1. The van der Waals surface area contributed by atoms with Gasteiger partial charge in [0.15, 0.2) is 9.84 Å². The quantitative estimate of drug-likeness (QED) is 0.589. The highest BCUT2D eigenvalue weighted by Gasteiger charge is 2.44. The van der Waals surface area contributed by atoms with Gasteiger partial charge in [-0.05, 0) is 28.1 Å². The third kappa shape index (κ3) is 2.85. The van der Waals surface area contributed by atoms with Crippen molar-refractivity contribution in [3.05, 3.63) is 34.3 Å². The number of benzene rings is 1. The molecule has 3 nitrogen and oxygen atoms in total. The SMILES string of the molecule is CS(=O)(=O)C(Cl)(Br)C(=O)c1ccc(Br)cc1. The molecule has 0 saturated heterocycles. The topological polar surface area (TPSA) is 51.2 Å².